The quantitative estimate of drug-likeness (QED) is 0.593. The van der Waals surface area contributed by atoms with Gasteiger partial charge in [-0.25, -0.2) is 0 Å². The molecule has 68 valence electrons. The standard InChI is InChI=1S/C11H18O/c1-2-9-8-11(10(9)12)6-4-3-5-7-11/h2,9-10,12H,1,3-8H2/t9-,10-/m1/s1. The highest BCUT2D eigenvalue weighted by atomic mass is 16.3. The van der Waals surface area contributed by atoms with E-state index >= 15 is 0 Å². The summed E-state index contributed by atoms with van der Waals surface area (Å²) in [5.74, 6) is 0.392. The maximum atomic E-state index is 9.91. The van der Waals surface area contributed by atoms with E-state index in [1.165, 1.54) is 38.5 Å². The van der Waals surface area contributed by atoms with Crippen molar-refractivity contribution in [3.8, 4) is 0 Å². The maximum absolute atomic E-state index is 9.91. The van der Waals surface area contributed by atoms with Gasteiger partial charge >= 0.3 is 0 Å². The van der Waals surface area contributed by atoms with Crippen LogP contribution in [0.2, 0.25) is 0 Å². The topological polar surface area (TPSA) is 20.2 Å². The Balaban J connectivity index is 2.00. The average molecular weight is 166 g/mol. The van der Waals surface area contributed by atoms with E-state index in [1.807, 2.05) is 6.08 Å². The fourth-order valence-electron chi connectivity index (χ4n) is 2.96. The summed E-state index contributed by atoms with van der Waals surface area (Å²) in [4.78, 5) is 0. The van der Waals surface area contributed by atoms with Gasteiger partial charge in [-0.3, -0.25) is 0 Å². The number of rotatable bonds is 1. The Morgan fingerprint density at radius 1 is 1.25 bits per heavy atom. The zero-order chi connectivity index (χ0) is 8.60. The third-order valence-electron chi connectivity index (χ3n) is 3.83. The van der Waals surface area contributed by atoms with Crippen LogP contribution in [-0.2, 0) is 0 Å². The van der Waals surface area contributed by atoms with Gasteiger partial charge in [0.05, 0.1) is 6.10 Å². The van der Waals surface area contributed by atoms with Gasteiger partial charge < -0.3 is 5.11 Å². The molecule has 1 N–H and O–H groups in total. The van der Waals surface area contributed by atoms with E-state index in [4.69, 9.17) is 0 Å². The molecular formula is C11H18O. The molecular weight excluding hydrogens is 148 g/mol. The lowest BCUT2D eigenvalue weighted by molar-refractivity contribution is -0.121. The van der Waals surface area contributed by atoms with Gasteiger partial charge in [-0.1, -0.05) is 25.3 Å². The van der Waals surface area contributed by atoms with Gasteiger partial charge in [-0.15, -0.1) is 6.58 Å². The molecule has 0 amide bonds. The molecule has 2 aliphatic carbocycles. The van der Waals surface area contributed by atoms with Crippen molar-refractivity contribution in [1.29, 1.82) is 0 Å². The van der Waals surface area contributed by atoms with Crippen LogP contribution in [0.15, 0.2) is 12.7 Å². The van der Waals surface area contributed by atoms with Crippen molar-refractivity contribution >= 4 is 0 Å². The second kappa shape index (κ2) is 2.88. The van der Waals surface area contributed by atoms with Crippen LogP contribution in [0.25, 0.3) is 0 Å². The Labute approximate surface area is 74.5 Å². The van der Waals surface area contributed by atoms with Gasteiger partial charge in [-0.2, -0.15) is 0 Å². The van der Waals surface area contributed by atoms with Crippen molar-refractivity contribution in [3.63, 3.8) is 0 Å². The highest BCUT2D eigenvalue weighted by molar-refractivity contribution is 5.08. The molecule has 1 nitrogen and oxygen atoms in total. The molecule has 2 atom stereocenters. The molecule has 0 aromatic heterocycles. The SMILES string of the molecule is C=C[C@@H]1CC2(CCCCC2)[C@@H]1O. The van der Waals surface area contributed by atoms with Gasteiger partial charge in [0.15, 0.2) is 0 Å². The van der Waals surface area contributed by atoms with Gasteiger partial charge in [0.2, 0.25) is 0 Å². The zero-order valence-electron chi connectivity index (χ0n) is 7.63. The second-order valence-corrected chi connectivity index (χ2v) is 4.47. The lowest BCUT2D eigenvalue weighted by Crippen LogP contribution is -2.52. The van der Waals surface area contributed by atoms with Crippen molar-refractivity contribution in [2.45, 2.75) is 44.6 Å². The van der Waals surface area contributed by atoms with Crippen LogP contribution < -0.4 is 0 Å². The van der Waals surface area contributed by atoms with E-state index in [1.54, 1.807) is 0 Å². The van der Waals surface area contributed by atoms with Gasteiger partial charge in [-0.05, 0) is 24.7 Å². The fourth-order valence-corrected chi connectivity index (χ4v) is 2.96. The average Bonchev–Trinajstić information content (AvgIpc) is 2.15. The van der Waals surface area contributed by atoms with Crippen LogP contribution >= 0.6 is 0 Å². The van der Waals surface area contributed by atoms with Gasteiger partial charge in [0.25, 0.3) is 0 Å². The molecule has 0 aromatic carbocycles. The van der Waals surface area contributed by atoms with E-state index in [0.29, 0.717) is 11.3 Å². The maximum Gasteiger partial charge on any atom is 0.0659 e. The molecule has 2 fully saturated rings. The molecule has 2 aliphatic rings. The first-order chi connectivity index (χ1) is 5.78. The first-order valence-electron chi connectivity index (χ1n) is 5.09. The van der Waals surface area contributed by atoms with Crippen LogP contribution in [0, 0.1) is 11.3 Å². The van der Waals surface area contributed by atoms with Gasteiger partial charge in [0, 0.05) is 5.92 Å². The number of aliphatic hydroxyl groups is 1. The van der Waals surface area contributed by atoms with E-state index in [2.05, 4.69) is 6.58 Å². The first-order valence-corrected chi connectivity index (χ1v) is 5.09. The Kier molecular flexibility index (Phi) is 1.99. The minimum absolute atomic E-state index is 0.0738. The largest absolute Gasteiger partial charge is 0.392 e. The molecule has 1 heteroatoms. The van der Waals surface area contributed by atoms with Crippen LogP contribution in [0.5, 0.6) is 0 Å². The molecule has 2 saturated carbocycles. The highest BCUT2D eigenvalue weighted by Crippen LogP contribution is 2.54. The van der Waals surface area contributed by atoms with Gasteiger partial charge in [0.1, 0.15) is 0 Å². The predicted octanol–water partition coefficient (Wildman–Crippen LogP) is 2.50. The second-order valence-electron chi connectivity index (χ2n) is 4.47. The molecule has 0 heterocycles. The summed E-state index contributed by atoms with van der Waals surface area (Å²) in [7, 11) is 0. The summed E-state index contributed by atoms with van der Waals surface area (Å²) in [6.07, 6.45) is 9.55. The lowest BCUT2D eigenvalue weighted by Gasteiger charge is -2.54. The van der Waals surface area contributed by atoms with Crippen molar-refractivity contribution in [1.82, 2.24) is 0 Å². The van der Waals surface area contributed by atoms with Crippen LogP contribution in [0.3, 0.4) is 0 Å². The number of hydrogen-bond acceptors (Lipinski definition) is 1. The minimum Gasteiger partial charge on any atom is -0.392 e. The Hall–Kier alpha value is -0.300. The smallest absolute Gasteiger partial charge is 0.0659 e. The molecule has 0 bridgehead atoms. The normalized spacial score (nSPS) is 39.1. The van der Waals surface area contributed by atoms with Crippen LogP contribution in [0.4, 0.5) is 0 Å². The number of hydrogen-bond donors (Lipinski definition) is 1. The van der Waals surface area contributed by atoms with Crippen LogP contribution in [0.1, 0.15) is 38.5 Å². The first kappa shape index (κ1) is 8.31. The summed E-state index contributed by atoms with van der Waals surface area (Å²) in [5, 5.41) is 9.91. The van der Waals surface area contributed by atoms with Crippen molar-refractivity contribution < 1.29 is 5.11 Å². The third-order valence-corrected chi connectivity index (χ3v) is 3.83. The van der Waals surface area contributed by atoms with Crippen molar-refractivity contribution in [2.75, 3.05) is 0 Å². The molecule has 2 rings (SSSR count). The summed E-state index contributed by atoms with van der Waals surface area (Å²) < 4.78 is 0. The summed E-state index contributed by atoms with van der Waals surface area (Å²) >= 11 is 0. The van der Waals surface area contributed by atoms with E-state index in [0.717, 1.165) is 0 Å². The Morgan fingerprint density at radius 2 is 1.92 bits per heavy atom. The third kappa shape index (κ3) is 1.03. The Morgan fingerprint density at radius 3 is 2.42 bits per heavy atom. The molecule has 0 radical (unpaired) electrons. The zero-order valence-corrected chi connectivity index (χ0v) is 7.63. The van der Waals surface area contributed by atoms with Crippen molar-refractivity contribution in [2.24, 2.45) is 11.3 Å². The molecule has 1 spiro atoms. The molecule has 0 aromatic rings. The predicted molar refractivity (Wildman–Crippen MR) is 49.8 cm³/mol. The van der Waals surface area contributed by atoms with Crippen molar-refractivity contribution in [3.05, 3.63) is 12.7 Å². The monoisotopic (exact) mass is 166 g/mol. The fraction of sp³-hybridized carbons (Fsp3) is 0.818. The summed E-state index contributed by atoms with van der Waals surface area (Å²) in [6, 6.07) is 0. The van der Waals surface area contributed by atoms with E-state index in [9.17, 15) is 5.11 Å². The summed E-state index contributed by atoms with van der Waals surface area (Å²) in [6.45, 7) is 3.75. The van der Waals surface area contributed by atoms with Crippen LogP contribution in [-0.4, -0.2) is 11.2 Å². The summed E-state index contributed by atoms with van der Waals surface area (Å²) in [5.41, 5.74) is 0.317. The molecule has 0 unspecified atom stereocenters. The van der Waals surface area contributed by atoms with E-state index in [-0.39, 0.29) is 6.10 Å². The van der Waals surface area contributed by atoms with E-state index < -0.39 is 0 Å². The molecule has 0 aliphatic heterocycles. The minimum atomic E-state index is -0.0738. The highest BCUT2D eigenvalue weighted by Gasteiger charge is 2.51. The lowest BCUT2D eigenvalue weighted by atomic mass is 9.54. The molecule has 12 heavy (non-hydrogen) atoms. The Bertz CT molecular complexity index is 179. The molecule has 0 saturated heterocycles. The number of aliphatic hydroxyl groups excluding tert-OH is 1.